The zero-order valence-corrected chi connectivity index (χ0v) is 13.8. The molecular formula is C15H18N4O4S. The minimum Gasteiger partial charge on any atom is -0.369 e. The van der Waals surface area contributed by atoms with E-state index in [9.17, 15) is 13.2 Å². The lowest BCUT2D eigenvalue weighted by Gasteiger charge is -2.17. The molecule has 1 saturated carbocycles. The lowest BCUT2D eigenvalue weighted by atomic mass is 9.99. The van der Waals surface area contributed by atoms with Crippen LogP contribution < -0.4 is 11.5 Å². The zero-order valence-electron chi connectivity index (χ0n) is 12.9. The molecule has 1 aliphatic carbocycles. The monoisotopic (exact) mass is 350 g/mol. The van der Waals surface area contributed by atoms with Gasteiger partial charge in [0.2, 0.25) is 5.91 Å². The Hall–Kier alpha value is -2.26. The predicted octanol–water partition coefficient (Wildman–Crippen LogP) is 0.724. The second-order valence-corrected chi connectivity index (χ2v) is 8.03. The van der Waals surface area contributed by atoms with Crippen LogP contribution in [-0.2, 0) is 20.2 Å². The Labute approximate surface area is 139 Å². The first-order valence-electron chi connectivity index (χ1n) is 7.55. The fourth-order valence-electron chi connectivity index (χ4n) is 2.85. The van der Waals surface area contributed by atoms with E-state index in [0.717, 1.165) is 25.7 Å². The normalized spacial score (nSPS) is 17.0. The summed E-state index contributed by atoms with van der Waals surface area (Å²) in [6, 6.07) is 5.85. The van der Waals surface area contributed by atoms with Crippen molar-refractivity contribution in [3.8, 4) is 11.5 Å². The maximum Gasteiger partial charge on any atom is 0.257 e. The molecule has 128 valence electrons. The number of amides is 1. The number of rotatable bonds is 5. The zero-order chi connectivity index (χ0) is 17.4. The van der Waals surface area contributed by atoms with Gasteiger partial charge >= 0.3 is 0 Å². The van der Waals surface area contributed by atoms with Gasteiger partial charge in [-0.2, -0.15) is 4.98 Å². The maximum absolute atomic E-state index is 11.9. The van der Waals surface area contributed by atoms with E-state index in [1.807, 2.05) is 0 Å². The van der Waals surface area contributed by atoms with E-state index in [2.05, 4.69) is 10.1 Å². The number of aromatic nitrogens is 2. The highest BCUT2D eigenvalue weighted by Gasteiger charge is 2.36. The highest BCUT2D eigenvalue weighted by molar-refractivity contribution is 7.92. The Morgan fingerprint density at radius 1 is 1.21 bits per heavy atom. The van der Waals surface area contributed by atoms with Gasteiger partial charge in [0.1, 0.15) is 5.75 Å². The summed E-state index contributed by atoms with van der Waals surface area (Å²) in [6.45, 7) is 0. The second-order valence-electron chi connectivity index (χ2n) is 6.04. The van der Waals surface area contributed by atoms with E-state index in [4.69, 9.17) is 16.0 Å². The van der Waals surface area contributed by atoms with Crippen molar-refractivity contribution in [3.05, 3.63) is 30.1 Å². The Balaban J connectivity index is 1.84. The molecule has 1 aromatic carbocycles. The van der Waals surface area contributed by atoms with Gasteiger partial charge in [0.25, 0.3) is 5.89 Å². The number of nitrogens with two attached hydrogens (primary N) is 2. The molecule has 0 atom stereocenters. The Morgan fingerprint density at radius 3 is 2.42 bits per heavy atom. The summed E-state index contributed by atoms with van der Waals surface area (Å²) in [7, 11) is -3.74. The van der Waals surface area contributed by atoms with Gasteiger partial charge < -0.3 is 16.0 Å². The number of carbonyl (C=O) groups excluding carboxylic acids is 1. The molecule has 0 aliphatic heterocycles. The van der Waals surface area contributed by atoms with Crippen molar-refractivity contribution in [2.45, 2.75) is 36.1 Å². The molecular weight excluding hydrogens is 332 g/mol. The molecule has 1 heterocycles. The highest BCUT2D eigenvalue weighted by Crippen LogP contribution is 2.35. The van der Waals surface area contributed by atoms with Gasteiger partial charge in [-0.3, -0.25) is 4.79 Å². The van der Waals surface area contributed by atoms with Crippen molar-refractivity contribution in [1.82, 2.24) is 10.1 Å². The molecule has 1 amide bonds. The van der Waals surface area contributed by atoms with E-state index in [1.165, 1.54) is 12.1 Å². The fourth-order valence-corrected chi connectivity index (χ4v) is 3.94. The van der Waals surface area contributed by atoms with Gasteiger partial charge in [0.15, 0.2) is 15.7 Å². The molecule has 4 N–H and O–H groups in total. The van der Waals surface area contributed by atoms with Crippen molar-refractivity contribution in [2.75, 3.05) is 5.75 Å². The molecule has 0 unspecified atom stereocenters. The van der Waals surface area contributed by atoms with Gasteiger partial charge in [-0.25, -0.2) is 8.42 Å². The minimum atomic E-state index is -3.74. The lowest BCUT2D eigenvalue weighted by molar-refractivity contribution is -0.115. The number of nitrogens with zero attached hydrogens (tertiary/aromatic N) is 2. The third-order valence-electron chi connectivity index (χ3n) is 4.16. The van der Waals surface area contributed by atoms with Crippen molar-refractivity contribution in [1.29, 1.82) is 0 Å². The van der Waals surface area contributed by atoms with Crippen LogP contribution in [0.1, 0.15) is 31.5 Å². The van der Waals surface area contributed by atoms with Crippen LogP contribution in [-0.4, -0.2) is 30.2 Å². The van der Waals surface area contributed by atoms with E-state index in [0.29, 0.717) is 11.4 Å². The summed E-state index contributed by atoms with van der Waals surface area (Å²) in [5.74, 6) is -0.876. The van der Waals surface area contributed by atoms with Crippen molar-refractivity contribution < 1.29 is 17.7 Å². The highest BCUT2D eigenvalue weighted by atomic mass is 32.2. The minimum absolute atomic E-state index is 0.0101. The molecule has 0 spiro atoms. The maximum atomic E-state index is 11.9. The van der Waals surface area contributed by atoms with Crippen LogP contribution in [0.2, 0.25) is 0 Å². The fraction of sp³-hybridized carbons (Fsp3) is 0.400. The largest absolute Gasteiger partial charge is 0.369 e. The number of hydrogen-bond acceptors (Lipinski definition) is 7. The number of carbonyl (C=O) groups is 1. The number of primary amides is 1. The number of hydrogen-bond donors (Lipinski definition) is 2. The topological polar surface area (TPSA) is 142 Å². The van der Waals surface area contributed by atoms with Crippen LogP contribution in [0.5, 0.6) is 0 Å². The summed E-state index contributed by atoms with van der Waals surface area (Å²) in [5, 5.41) is 3.97. The first kappa shape index (κ1) is 16.6. The average Bonchev–Trinajstić information content (AvgIpc) is 3.16. The Bertz CT molecular complexity index is 852. The predicted molar refractivity (Wildman–Crippen MR) is 85.3 cm³/mol. The average molecular weight is 350 g/mol. The first-order valence-corrected chi connectivity index (χ1v) is 9.20. The van der Waals surface area contributed by atoms with Crippen LogP contribution in [0.4, 0.5) is 0 Å². The van der Waals surface area contributed by atoms with Gasteiger partial charge in [-0.1, -0.05) is 18.0 Å². The number of sulfone groups is 1. The van der Waals surface area contributed by atoms with Gasteiger partial charge in [0.05, 0.1) is 10.4 Å². The standard InChI is InChI=1S/C15H18N4O4S/c16-12(20)9-24(21,22)11-5-3-10(4-6-11)13-18-14(19-23-13)15(17)7-1-2-8-15/h3-6H,1-2,7-9,17H2,(H2,16,20). The van der Waals surface area contributed by atoms with Crippen molar-refractivity contribution in [3.63, 3.8) is 0 Å². The third-order valence-corrected chi connectivity index (χ3v) is 5.81. The molecule has 1 fully saturated rings. The third kappa shape index (κ3) is 3.17. The molecule has 3 rings (SSSR count). The molecule has 8 nitrogen and oxygen atoms in total. The van der Waals surface area contributed by atoms with E-state index < -0.39 is 27.0 Å². The van der Waals surface area contributed by atoms with Crippen LogP contribution in [0, 0.1) is 0 Å². The number of benzene rings is 1. The van der Waals surface area contributed by atoms with Crippen LogP contribution in [0.3, 0.4) is 0 Å². The Kier molecular flexibility index (Phi) is 4.14. The summed E-state index contributed by atoms with van der Waals surface area (Å²) < 4.78 is 29.1. The summed E-state index contributed by atoms with van der Waals surface area (Å²) in [5.41, 5.74) is 11.3. The van der Waals surface area contributed by atoms with E-state index in [1.54, 1.807) is 12.1 Å². The van der Waals surface area contributed by atoms with Crippen LogP contribution >= 0.6 is 0 Å². The SMILES string of the molecule is NC(=O)CS(=O)(=O)c1ccc(-c2nc(C3(N)CCCC3)no2)cc1. The summed E-state index contributed by atoms with van der Waals surface area (Å²) >= 11 is 0. The molecule has 0 bridgehead atoms. The van der Waals surface area contributed by atoms with Gasteiger partial charge in [0, 0.05) is 5.56 Å². The van der Waals surface area contributed by atoms with Crippen LogP contribution in [0.15, 0.2) is 33.7 Å². The van der Waals surface area contributed by atoms with Gasteiger partial charge in [-0.05, 0) is 37.1 Å². The molecule has 0 saturated heterocycles. The molecule has 24 heavy (non-hydrogen) atoms. The summed E-state index contributed by atoms with van der Waals surface area (Å²) in [6.07, 6.45) is 3.70. The second kappa shape index (κ2) is 5.99. The summed E-state index contributed by atoms with van der Waals surface area (Å²) in [4.78, 5) is 15.2. The van der Waals surface area contributed by atoms with E-state index >= 15 is 0 Å². The van der Waals surface area contributed by atoms with E-state index in [-0.39, 0.29) is 10.8 Å². The Morgan fingerprint density at radius 2 is 1.83 bits per heavy atom. The first-order chi connectivity index (χ1) is 11.3. The van der Waals surface area contributed by atoms with Crippen molar-refractivity contribution >= 4 is 15.7 Å². The molecule has 2 aromatic rings. The quantitative estimate of drug-likeness (QED) is 0.809. The lowest BCUT2D eigenvalue weighted by Crippen LogP contribution is -2.34. The molecule has 9 heteroatoms. The van der Waals surface area contributed by atoms with Crippen LogP contribution in [0.25, 0.3) is 11.5 Å². The molecule has 1 aromatic heterocycles. The van der Waals surface area contributed by atoms with Crippen molar-refractivity contribution in [2.24, 2.45) is 11.5 Å². The molecule has 0 radical (unpaired) electrons. The molecule has 1 aliphatic rings. The van der Waals surface area contributed by atoms with Gasteiger partial charge in [-0.15, -0.1) is 0 Å². The smallest absolute Gasteiger partial charge is 0.257 e.